The van der Waals surface area contributed by atoms with E-state index in [4.69, 9.17) is 9.47 Å². The second-order valence-corrected chi connectivity index (χ2v) is 11.3. The number of hydrogen-bond acceptors (Lipinski definition) is 6. The van der Waals surface area contributed by atoms with Crippen LogP contribution in [0.3, 0.4) is 0 Å². The zero-order chi connectivity index (χ0) is 28.4. The molecule has 0 fully saturated rings. The number of carbonyl (C=O) groups is 1. The van der Waals surface area contributed by atoms with Crippen LogP contribution in [-0.2, 0) is 21.4 Å². The van der Waals surface area contributed by atoms with Crippen molar-refractivity contribution < 1.29 is 22.7 Å². The van der Waals surface area contributed by atoms with Gasteiger partial charge in [-0.15, -0.1) is 0 Å². The van der Waals surface area contributed by atoms with Gasteiger partial charge in [-0.1, -0.05) is 70.5 Å². The lowest BCUT2D eigenvalue weighted by Gasteiger charge is -2.23. The van der Waals surface area contributed by atoms with Crippen LogP contribution in [0.15, 0.2) is 118 Å². The van der Waals surface area contributed by atoms with Gasteiger partial charge in [-0.3, -0.25) is 9.10 Å². The van der Waals surface area contributed by atoms with Crippen LogP contribution >= 0.6 is 15.9 Å². The summed E-state index contributed by atoms with van der Waals surface area (Å²) >= 11 is 3.37. The van der Waals surface area contributed by atoms with Crippen LogP contribution in [-0.4, -0.2) is 33.7 Å². The molecule has 10 heteroatoms. The fraction of sp³-hybridized carbons (Fsp3) is 0.133. The third kappa shape index (κ3) is 7.71. The van der Waals surface area contributed by atoms with E-state index in [1.807, 2.05) is 37.3 Å². The highest BCUT2D eigenvalue weighted by Crippen LogP contribution is 2.29. The first-order valence-corrected chi connectivity index (χ1v) is 14.7. The van der Waals surface area contributed by atoms with Gasteiger partial charge in [-0.2, -0.15) is 5.10 Å². The van der Waals surface area contributed by atoms with E-state index in [0.717, 1.165) is 9.87 Å². The Labute approximate surface area is 242 Å². The quantitative estimate of drug-likeness (QED) is 0.160. The summed E-state index contributed by atoms with van der Waals surface area (Å²) in [5.74, 6) is 0.523. The summed E-state index contributed by atoms with van der Waals surface area (Å²) in [7, 11) is -4.02. The minimum atomic E-state index is -4.02. The number of hydrazone groups is 1. The van der Waals surface area contributed by atoms with Crippen molar-refractivity contribution in [1.29, 1.82) is 0 Å². The predicted molar refractivity (Wildman–Crippen MR) is 159 cm³/mol. The van der Waals surface area contributed by atoms with E-state index in [2.05, 4.69) is 26.5 Å². The lowest BCUT2D eigenvalue weighted by molar-refractivity contribution is -0.119. The molecule has 4 aromatic rings. The molecule has 40 heavy (non-hydrogen) atoms. The van der Waals surface area contributed by atoms with Crippen molar-refractivity contribution in [2.75, 3.05) is 17.5 Å². The maximum atomic E-state index is 13.4. The summed E-state index contributed by atoms with van der Waals surface area (Å²) < 4.78 is 40.2. The number of ether oxygens (including phenoxy) is 2. The van der Waals surface area contributed by atoms with Gasteiger partial charge >= 0.3 is 0 Å². The van der Waals surface area contributed by atoms with E-state index in [0.29, 0.717) is 40.4 Å². The number of anilines is 1. The van der Waals surface area contributed by atoms with Gasteiger partial charge in [0.15, 0.2) is 11.5 Å². The number of nitrogens with zero attached hydrogens (tertiary/aromatic N) is 2. The van der Waals surface area contributed by atoms with Gasteiger partial charge in [0.05, 0.1) is 23.4 Å². The molecule has 0 heterocycles. The first-order valence-electron chi connectivity index (χ1n) is 12.5. The zero-order valence-electron chi connectivity index (χ0n) is 21.7. The van der Waals surface area contributed by atoms with Crippen molar-refractivity contribution in [3.05, 3.63) is 119 Å². The molecule has 0 aliphatic rings. The molecule has 1 N–H and O–H groups in total. The van der Waals surface area contributed by atoms with E-state index in [1.165, 1.54) is 18.3 Å². The van der Waals surface area contributed by atoms with Crippen LogP contribution in [0.1, 0.15) is 18.1 Å². The van der Waals surface area contributed by atoms with Crippen molar-refractivity contribution in [2.45, 2.75) is 18.4 Å². The lowest BCUT2D eigenvalue weighted by Crippen LogP contribution is -2.39. The second kappa shape index (κ2) is 13.8. The number of hydrogen-bond donors (Lipinski definition) is 1. The van der Waals surface area contributed by atoms with Gasteiger partial charge in [-0.05, 0) is 66.6 Å². The van der Waals surface area contributed by atoms with E-state index < -0.39 is 22.5 Å². The highest BCUT2D eigenvalue weighted by Gasteiger charge is 2.27. The fourth-order valence-corrected chi connectivity index (χ4v) is 5.56. The molecular weight excluding hydrogens is 594 g/mol. The number of benzene rings is 4. The molecule has 4 rings (SSSR count). The number of sulfonamides is 1. The molecule has 0 aliphatic heterocycles. The number of rotatable bonds is 12. The first kappa shape index (κ1) is 28.8. The largest absolute Gasteiger partial charge is 0.490 e. The Morgan fingerprint density at radius 3 is 2.33 bits per heavy atom. The van der Waals surface area contributed by atoms with Gasteiger partial charge in [-0.25, -0.2) is 13.8 Å². The summed E-state index contributed by atoms with van der Waals surface area (Å²) in [5.41, 5.74) is 4.46. The van der Waals surface area contributed by atoms with Crippen molar-refractivity contribution >= 4 is 43.8 Å². The minimum absolute atomic E-state index is 0.0734. The van der Waals surface area contributed by atoms with Crippen molar-refractivity contribution in [3.8, 4) is 11.5 Å². The van der Waals surface area contributed by atoms with E-state index in [1.54, 1.807) is 60.7 Å². The average Bonchev–Trinajstić information content (AvgIpc) is 2.96. The average molecular weight is 623 g/mol. The number of amides is 1. The third-order valence-corrected chi connectivity index (χ3v) is 7.90. The minimum Gasteiger partial charge on any atom is -0.490 e. The molecule has 4 aromatic carbocycles. The standard InChI is InChI=1S/C30H28BrN3O5S/c1-2-38-29-18-24(16-17-28(29)39-22-23-10-5-3-6-11-23)20-32-33-30(35)21-34(26-13-9-12-25(31)19-26)40(36,37)27-14-7-4-8-15-27/h3-20H,2,21-22H2,1H3,(H,33,35)/b32-20-. The number of carbonyl (C=O) groups excluding carboxylic acids is 1. The van der Waals surface area contributed by atoms with Gasteiger partial charge in [0.1, 0.15) is 13.2 Å². The van der Waals surface area contributed by atoms with Crippen LogP contribution in [0.5, 0.6) is 11.5 Å². The molecule has 206 valence electrons. The fourth-order valence-electron chi connectivity index (χ4n) is 3.74. The van der Waals surface area contributed by atoms with Crippen molar-refractivity contribution in [1.82, 2.24) is 5.43 Å². The lowest BCUT2D eigenvalue weighted by atomic mass is 10.2. The Morgan fingerprint density at radius 2 is 1.62 bits per heavy atom. The molecule has 0 aromatic heterocycles. The summed E-state index contributed by atoms with van der Waals surface area (Å²) in [6.45, 7) is 2.25. The molecule has 0 saturated heterocycles. The van der Waals surface area contributed by atoms with Gasteiger partial charge in [0, 0.05) is 4.47 Å². The SMILES string of the molecule is CCOc1cc(/C=N\NC(=O)CN(c2cccc(Br)c2)S(=O)(=O)c2ccccc2)ccc1OCc1ccccc1. The zero-order valence-corrected chi connectivity index (χ0v) is 24.1. The Hall–Kier alpha value is -4.15. The Kier molecular flexibility index (Phi) is 9.93. The van der Waals surface area contributed by atoms with Crippen LogP contribution < -0.4 is 19.2 Å². The third-order valence-electron chi connectivity index (χ3n) is 5.62. The van der Waals surface area contributed by atoms with E-state index >= 15 is 0 Å². The summed E-state index contributed by atoms with van der Waals surface area (Å²) in [4.78, 5) is 12.9. The molecule has 0 saturated carbocycles. The normalized spacial score (nSPS) is 11.2. The second-order valence-electron chi connectivity index (χ2n) is 8.51. The maximum Gasteiger partial charge on any atom is 0.264 e. The predicted octanol–water partition coefficient (Wildman–Crippen LogP) is 5.77. The maximum absolute atomic E-state index is 13.4. The number of nitrogens with one attached hydrogen (secondary N) is 1. The Balaban J connectivity index is 1.46. The van der Waals surface area contributed by atoms with Crippen molar-refractivity contribution in [2.24, 2.45) is 5.10 Å². The molecule has 0 atom stereocenters. The topological polar surface area (TPSA) is 97.3 Å². The van der Waals surface area contributed by atoms with E-state index in [-0.39, 0.29) is 4.90 Å². The molecular formula is C30H28BrN3O5S. The van der Waals surface area contributed by atoms with Crippen LogP contribution in [0, 0.1) is 0 Å². The van der Waals surface area contributed by atoms with Crippen molar-refractivity contribution in [3.63, 3.8) is 0 Å². The van der Waals surface area contributed by atoms with Gasteiger partial charge < -0.3 is 9.47 Å². The molecule has 0 aliphatic carbocycles. The number of halogens is 1. The van der Waals surface area contributed by atoms with Gasteiger partial charge in [0.2, 0.25) is 0 Å². The van der Waals surface area contributed by atoms with E-state index in [9.17, 15) is 13.2 Å². The summed E-state index contributed by atoms with van der Waals surface area (Å²) in [6, 6.07) is 29.8. The monoisotopic (exact) mass is 621 g/mol. The smallest absolute Gasteiger partial charge is 0.264 e. The van der Waals surface area contributed by atoms with Crippen LogP contribution in [0.4, 0.5) is 5.69 Å². The Morgan fingerprint density at radius 1 is 0.900 bits per heavy atom. The van der Waals surface area contributed by atoms with Crippen LogP contribution in [0.2, 0.25) is 0 Å². The molecule has 0 unspecified atom stereocenters. The Bertz CT molecular complexity index is 1570. The van der Waals surface area contributed by atoms with Crippen LogP contribution in [0.25, 0.3) is 0 Å². The molecule has 0 bridgehead atoms. The molecule has 0 spiro atoms. The molecule has 1 amide bonds. The first-order chi connectivity index (χ1) is 19.4. The summed E-state index contributed by atoms with van der Waals surface area (Å²) in [6.07, 6.45) is 1.45. The highest BCUT2D eigenvalue weighted by molar-refractivity contribution is 9.10. The highest BCUT2D eigenvalue weighted by atomic mass is 79.9. The molecule has 0 radical (unpaired) electrons. The molecule has 8 nitrogen and oxygen atoms in total. The summed E-state index contributed by atoms with van der Waals surface area (Å²) in [5, 5.41) is 4.03. The van der Waals surface area contributed by atoms with Gasteiger partial charge in [0.25, 0.3) is 15.9 Å².